The van der Waals surface area contributed by atoms with Gasteiger partial charge < -0.3 is 24.6 Å². The number of benzene rings is 3. The van der Waals surface area contributed by atoms with Crippen LogP contribution in [0.25, 0.3) is 0 Å². The maximum atomic E-state index is 13.9. The van der Waals surface area contributed by atoms with Gasteiger partial charge in [0.15, 0.2) is 0 Å². The summed E-state index contributed by atoms with van der Waals surface area (Å²) in [5.41, 5.74) is 5.83. The Bertz CT molecular complexity index is 1910. The third-order valence-corrected chi connectivity index (χ3v) is 10.4. The molecule has 48 heavy (non-hydrogen) atoms. The number of nitrogens with one attached hydrogen (secondary N) is 1. The van der Waals surface area contributed by atoms with Crippen molar-refractivity contribution < 1.29 is 9.59 Å². The Kier molecular flexibility index (Phi) is 8.54. The fourth-order valence-electron chi connectivity index (χ4n) is 7.50. The molecule has 2 saturated heterocycles. The van der Waals surface area contributed by atoms with E-state index in [9.17, 15) is 14.4 Å². The van der Waals surface area contributed by atoms with Crippen molar-refractivity contribution in [2.75, 3.05) is 54.4 Å². The zero-order valence-electron chi connectivity index (χ0n) is 27.8. The van der Waals surface area contributed by atoms with Gasteiger partial charge in [0, 0.05) is 74.6 Å². The van der Waals surface area contributed by atoms with Crippen LogP contribution in [0.15, 0.2) is 89.7 Å². The van der Waals surface area contributed by atoms with Crippen molar-refractivity contribution in [2.45, 2.75) is 45.1 Å². The summed E-state index contributed by atoms with van der Waals surface area (Å²) in [5, 5.41) is 3.89. The molecule has 0 aliphatic carbocycles. The Labute approximate surface area is 286 Å². The molecule has 2 bridgehead atoms. The Morgan fingerprint density at radius 2 is 1.50 bits per heavy atom. The van der Waals surface area contributed by atoms with E-state index in [4.69, 9.17) is 11.6 Å². The van der Waals surface area contributed by atoms with Crippen LogP contribution in [-0.4, -0.2) is 60.5 Å². The van der Waals surface area contributed by atoms with Gasteiger partial charge in [-0.3, -0.25) is 14.4 Å². The van der Waals surface area contributed by atoms with E-state index in [-0.39, 0.29) is 28.7 Å². The van der Waals surface area contributed by atoms with Gasteiger partial charge in [-0.1, -0.05) is 62.7 Å². The molecule has 9 heteroatoms. The van der Waals surface area contributed by atoms with E-state index in [1.165, 1.54) is 0 Å². The molecule has 0 saturated carbocycles. The van der Waals surface area contributed by atoms with Gasteiger partial charge in [-0.25, -0.2) is 0 Å². The zero-order chi connectivity index (χ0) is 33.6. The summed E-state index contributed by atoms with van der Waals surface area (Å²) < 4.78 is 1.92. The van der Waals surface area contributed by atoms with E-state index in [2.05, 4.69) is 42.0 Å². The number of para-hydroxylation sites is 1. The van der Waals surface area contributed by atoms with Gasteiger partial charge in [0.2, 0.25) is 0 Å². The third kappa shape index (κ3) is 6.33. The monoisotopic (exact) mass is 663 g/mol. The number of piperidine rings is 1. The highest BCUT2D eigenvalue weighted by Crippen LogP contribution is 2.40. The topological polar surface area (TPSA) is 77.9 Å². The second-order valence-electron chi connectivity index (χ2n) is 14.3. The number of piperazine rings is 1. The predicted octanol–water partition coefficient (Wildman–Crippen LogP) is 6.64. The molecule has 2 atom stereocenters. The van der Waals surface area contributed by atoms with Crippen LogP contribution in [0.2, 0.25) is 5.02 Å². The number of amides is 2. The minimum Gasteiger partial charge on any atom is -0.369 e. The second kappa shape index (κ2) is 12.8. The normalized spacial score (nSPS) is 19.1. The molecule has 3 aliphatic heterocycles. The van der Waals surface area contributed by atoms with Crippen LogP contribution in [0, 0.1) is 5.92 Å². The van der Waals surface area contributed by atoms with Gasteiger partial charge in [0.1, 0.15) is 0 Å². The van der Waals surface area contributed by atoms with Crippen molar-refractivity contribution in [1.82, 2.24) is 9.47 Å². The second-order valence-corrected chi connectivity index (χ2v) is 14.8. The SMILES string of the molecule is CC(C)(C)c1ccc(C(=O)Nc2cc(C(=O)N3CCN(c4ccccc4Cl)CC3)ccc2N2CC3CC(C2)c2cccc(=O)n2C3)cc1. The number of hydrogen-bond acceptors (Lipinski definition) is 5. The molecular formula is C39H42ClN5O3. The lowest BCUT2D eigenvalue weighted by atomic mass is 9.83. The van der Waals surface area contributed by atoms with Crippen LogP contribution in [0.4, 0.5) is 17.1 Å². The lowest BCUT2D eigenvalue weighted by molar-refractivity contribution is 0.0746. The van der Waals surface area contributed by atoms with Crippen LogP contribution >= 0.6 is 11.6 Å². The summed E-state index contributed by atoms with van der Waals surface area (Å²) in [6.07, 6.45) is 1.03. The Hall–Kier alpha value is -4.56. The maximum absolute atomic E-state index is 13.9. The molecule has 248 valence electrons. The van der Waals surface area contributed by atoms with E-state index in [1.807, 2.05) is 82.3 Å². The minimum absolute atomic E-state index is 0.0220. The smallest absolute Gasteiger partial charge is 0.255 e. The number of carbonyl (C=O) groups excluding carboxylic acids is 2. The van der Waals surface area contributed by atoms with Crippen LogP contribution in [0.5, 0.6) is 0 Å². The number of nitrogens with zero attached hydrogens (tertiary/aromatic N) is 4. The van der Waals surface area contributed by atoms with Crippen LogP contribution in [-0.2, 0) is 12.0 Å². The summed E-state index contributed by atoms with van der Waals surface area (Å²) >= 11 is 6.45. The first-order valence-corrected chi connectivity index (χ1v) is 17.2. The number of fused-ring (bicyclic) bond motifs is 4. The first kappa shape index (κ1) is 32.0. The van der Waals surface area contributed by atoms with Crippen LogP contribution in [0.1, 0.15) is 65.1 Å². The fraction of sp³-hybridized carbons (Fsp3) is 0.359. The molecule has 3 aliphatic rings. The van der Waals surface area contributed by atoms with Crippen molar-refractivity contribution in [3.05, 3.63) is 123 Å². The van der Waals surface area contributed by atoms with Gasteiger partial charge >= 0.3 is 0 Å². The molecule has 0 spiro atoms. The van der Waals surface area contributed by atoms with Gasteiger partial charge in [-0.15, -0.1) is 0 Å². The maximum Gasteiger partial charge on any atom is 0.255 e. The minimum atomic E-state index is -0.219. The van der Waals surface area contributed by atoms with E-state index in [0.29, 0.717) is 60.5 Å². The summed E-state index contributed by atoms with van der Waals surface area (Å²) in [6, 6.07) is 26.8. The zero-order valence-corrected chi connectivity index (χ0v) is 28.5. The molecule has 8 nitrogen and oxygen atoms in total. The predicted molar refractivity (Wildman–Crippen MR) is 193 cm³/mol. The first-order chi connectivity index (χ1) is 23.0. The Morgan fingerprint density at radius 3 is 2.23 bits per heavy atom. The highest BCUT2D eigenvalue weighted by atomic mass is 35.5. The van der Waals surface area contributed by atoms with Crippen molar-refractivity contribution >= 4 is 40.5 Å². The molecule has 2 unspecified atom stereocenters. The van der Waals surface area contributed by atoms with Gasteiger partial charge in [-0.2, -0.15) is 0 Å². The number of carbonyl (C=O) groups is 2. The standard InChI is InChI=1S/C39H42ClN5O3/c1-39(2,3)30-14-11-27(12-15-30)37(47)41-32-22-28(38(48)43-19-17-42(18-20-43)34-8-5-4-7-31(34)40)13-16-35(32)44-23-26-21-29(25-44)33-9-6-10-36(46)45(33)24-26/h4-16,22,26,29H,17-21,23-25H2,1-3H3,(H,41,47). The number of halogens is 1. The molecule has 7 rings (SSSR count). The van der Waals surface area contributed by atoms with Gasteiger partial charge in [0.25, 0.3) is 17.4 Å². The Balaban J connectivity index is 1.16. The molecule has 3 aromatic carbocycles. The van der Waals surface area contributed by atoms with Crippen LogP contribution < -0.4 is 20.7 Å². The van der Waals surface area contributed by atoms with E-state index in [0.717, 1.165) is 42.1 Å². The quantitative estimate of drug-likeness (QED) is 0.259. The highest BCUT2D eigenvalue weighted by Gasteiger charge is 2.35. The number of pyridine rings is 1. The van der Waals surface area contributed by atoms with Crippen molar-refractivity contribution in [3.8, 4) is 0 Å². The molecule has 0 radical (unpaired) electrons. The fourth-order valence-corrected chi connectivity index (χ4v) is 7.75. The lowest BCUT2D eigenvalue weighted by Gasteiger charge is -2.44. The average Bonchev–Trinajstić information content (AvgIpc) is 3.08. The lowest BCUT2D eigenvalue weighted by Crippen LogP contribution is -2.49. The van der Waals surface area contributed by atoms with Gasteiger partial charge in [-0.05, 0) is 71.8 Å². The third-order valence-electron chi connectivity index (χ3n) is 10.1. The van der Waals surface area contributed by atoms with E-state index >= 15 is 0 Å². The summed E-state index contributed by atoms with van der Waals surface area (Å²) in [4.78, 5) is 46.6. The number of rotatable bonds is 5. The highest BCUT2D eigenvalue weighted by molar-refractivity contribution is 6.33. The number of anilines is 3. The molecule has 4 aromatic rings. The van der Waals surface area contributed by atoms with E-state index < -0.39 is 0 Å². The average molecular weight is 664 g/mol. The van der Waals surface area contributed by atoms with Crippen molar-refractivity contribution in [3.63, 3.8) is 0 Å². The Morgan fingerprint density at radius 1 is 0.771 bits per heavy atom. The van der Waals surface area contributed by atoms with E-state index in [1.54, 1.807) is 6.07 Å². The summed E-state index contributed by atoms with van der Waals surface area (Å²) in [7, 11) is 0. The molecule has 4 heterocycles. The number of hydrogen-bond donors (Lipinski definition) is 1. The summed E-state index contributed by atoms with van der Waals surface area (Å²) in [6.45, 7) is 11.1. The molecule has 1 N–H and O–H groups in total. The van der Waals surface area contributed by atoms with Gasteiger partial charge in [0.05, 0.1) is 22.1 Å². The van der Waals surface area contributed by atoms with Crippen molar-refractivity contribution in [2.24, 2.45) is 5.92 Å². The largest absolute Gasteiger partial charge is 0.369 e. The number of aromatic nitrogens is 1. The molecule has 2 fully saturated rings. The van der Waals surface area contributed by atoms with Crippen molar-refractivity contribution in [1.29, 1.82) is 0 Å². The molecular weight excluding hydrogens is 622 g/mol. The molecule has 1 aromatic heterocycles. The molecule has 2 amide bonds. The summed E-state index contributed by atoms with van der Waals surface area (Å²) in [5.74, 6) is 0.231. The first-order valence-electron chi connectivity index (χ1n) is 16.8. The van der Waals surface area contributed by atoms with Crippen LogP contribution in [0.3, 0.4) is 0 Å².